The van der Waals surface area contributed by atoms with Crippen LogP contribution in [0.5, 0.6) is 0 Å². The molecule has 0 spiro atoms. The molecule has 2 aromatic carbocycles. The average molecular weight is 348 g/mol. The fraction of sp³-hybridized carbons (Fsp3) is 0.316. The van der Waals surface area contributed by atoms with Crippen LogP contribution in [0.4, 0.5) is 13.2 Å². The van der Waals surface area contributed by atoms with Crippen molar-refractivity contribution < 1.29 is 18.0 Å². The Labute approximate surface area is 144 Å². The second kappa shape index (κ2) is 7.37. The zero-order valence-electron chi connectivity index (χ0n) is 13.9. The largest absolute Gasteiger partial charge is 0.304 e. The molecule has 1 fully saturated rings. The van der Waals surface area contributed by atoms with Gasteiger partial charge in [0.25, 0.3) is 0 Å². The van der Waals surface area contributed by atoms with Crippen LogP contribution in [0.15, 0.2) is 36.4 Å². The Morgan fingerprint density at radius 3 is 2.24 bits per heavy atom. The summed E-state index contributed by atoms with van der Waals surface area (Å²) < 4.78 is 39.8. The molecule has 1 saturated heterocycles. The smallest absolute Gasteiger partial charge is 0.194 e. The molecule has 1 heterocycles. The quantitative estimate of drug-likeness (QED) is 0.627. The Kier molecular flexibility index (Phi) is 5.20. The number of hydrogen-bond acceptors (Lipinski definition) is 3. The van der Waals surface area contributed by atoms with Gasteiger partial charge in [-0.1, -0.05) is 18.2 Å². The van der Waals surface area contributed by atoms with E-state index in [-0.39, 0.29) is 5.56 Å². The number of benzene rings is 2. The normalized spacial score (nSPS) is 16.2. The van der Waals surface area contributed by atoms with E-state index in [1.165, 1.54) is 0 Å². The van der Waals surface area contributed by atoms with E-state index in [4.69, 9.17) is 0 Å². The van der Waals surface area contributed by atoms with Crippen LogP contribution >= 0.6 is 0 Å². The summed E-state index contributed by atoms with van der Waals surface area (Å²) in [7, 11) is 2.08. The third kappa shape index (κ3) is 4.08. The van der Waals surface area contributed by atoms with Gasteiger partial charge in [-0.05, 0) is 30.8 Å². The van der Waals surface area contributed by atoms with Crippen molar-refractivity contribution in [3.8, 4) is 0 Å². The first-order valence-electron chi connectivity index (χ1n) is 8.13. The van der Waals surface area contributed by atoms with Crippen LogP contribution in [0, 0.1) is 17.5 Å². The third-order valence-electron chi connectivity index (χ3n) is 4.44. The molecule has 0 radical (unpaired) electrons. The SMILES string of the molecule is CN1CCN(Cc2cccc(C(=O)c3cc(F)c(F)c(F)c3)c2)CC1. The van der Waals surface area contributed by atoms with Crippen molar-refractivity contribution in [2.24, 2.45) is 0 Å². The van der Waals surface area contributed by atoms with Gasteiger partial charge in [-0.2, -0.15) is 0 Å². The summed E-state index contributed by atoms with van der Waals surface area (Å²) in [5.41, 5.74) is 1.09. The van der Waals surface area contributed by atoms with Crippen LogP contribution in [-0.2, 0) is 6.54 Å². The molecule has 0 N–H and O–H groups in total. The Hall–Kier alpha value is -2.18. The van der Waals surface area contributed by atoms with Gasteiger partial charge in [0.1, 0.15) is 0 Å². The molecule has 1 aliphatic heterocycles. The molecule has 25 heavy (non-hydrogen) atoms. The highest BCUT2D eigenvalue weighted by atomic mass is 19.2. The number of likely N-dealkylation sites (N-methyl/N-ethyl adjacent to an activating group) is 1. The maximum absolute atomic E-state index is 13.4. The van der Waals surface area contributed by atoms with Crippen molar-refractivity contribution in [1.29, 1.82) is 0 Å². The molecule has 0 atom stereocenters. The molecule has 2 aromatic rings. The highest BCUT2D eigenvalue weighted by Gasteiger charge is 2.18. The minimum absolute atomic E-state index is 0.201. The molecule has 0 saturated carbocycles. The highest BCUT2D eigenvalue weighted by Crippen LogP contribution is 2.18. The summed E-state index contributed by atoms with van der Waals surface area (Å²) in [6, 6.07) is 8.44. The second-order valence-electron chi connectivity index (χ2n) is 6.36. The van der Waals surface area contributed by atoms with E-state index in [1.807, 2.05) is 6.07 Å². The number of carbonyl (C=O) groups excluding carboxylic acids is 1. The van der Waals surface area contributed by atoms with E-state index in [0.29, 0.717) is 12.1 Å². The number of carbonyl (C=O) groups is 1. The van der Waals surface area contributed by atoms with Crippen molar-refractivity contribution in [3.63, 3.8) is 0 Å². The number of halogens is 3. The van der Waals surface area contributed by atoms with E-state index in [2.05, 4.69) is 16.8 Å². The fourth-order valence-corrected chi connectivity index (χ4v) is 2.93. The molecule has 0 aliphatic carbocycles. The van der Waals surface area contributed by atoms with Gasteiger partial charge in [-0.15, -0.1) is 0 Å². The van der Waals surface area contributed by atoms with E-state index >= 15 is 0 Å². The molecule has 1 aliphatic rings. The van der Waals surface area contributed by atoms with Crippen molar-refractivity contribution in [2.75, 3.05) is 33.2 Å². The standard InChI is InChI=1S/C19H19F3N2O/c1-23-5-7-24(8-6-23)12-13-3-2-4-14(9-13)19(25)15-10-16(20)18(22)17(21)11-15/h2-4,9-11H,5-8,12H2,1H3. The topological polar surface area (TPSA) is 23.6 Å². The lowest BCUT2D eigenvalue weighted by atomic mass is 10.0. The van der Waals surface area contributed by atoms with Crippen LogP contribution in [0.25, 0.3) is 0 Å². The number of hydrogen-bond donors (Lipinski definition) is 0. The number of piperazine rings is 1. The number of nitrogens with zero attached hydrogens (tertiary/aromatic N) is 2. The molecule has 0 bridgehead atoms. The fourth-order valence-electron chi connectivity index (χ4n) is 2.93. The zero-order valence-corrected chi connectivity index (χ0v) is 13.9. The maximum atomic E-state index is 13.4. The molecule has 6 heteroatoms. The molecule has 3 nitrogen and oxygen atoms in total. The van der Waals surface area contributed by atoms with Gasteiger partial charge in [-0.3, -0.25) is 9.69 Å². The summed E-state index contributed by atoms with van der Waals surface area (Å²) in [6.45, 7) is 4.59. The van der Waals surface area contributed by atoms with Gasteiger partial charge in [0.15, 0.2) is 23.2 Å². The molecule has 132 valence electrons. The predicted molar refractivity (Wildman–Crippen MR) is 89.0 cm³/mol. The van der Waals surface area contributed by atoms with E-state index in [9.17, 15) is 18.0 Å². The lowest BCUT2D eigenvalue weighted by molar-refractivity contribution is 0.103. The molecular weight excluding hydrogens is 329 g/mol. The van der Waals surface area contributed by atoms with Gasteiger partial charge in [-0.25, -0.2) is 13.2 Å². The Morgan fingerprint density at radius 1 is 0.960 bits per heavy atom. The van der Waals surface area contributed by atoms with Crippen LogP contribution in [0.2, 0.25) is 0 Å². The number of rotatable bonds is 4. The molecule has 0 aromatic heterocycles. The molecule has 0 unspecified atom stereocenters. The van der Waals surface area contributed by atoms with E-state index in [1.54, 1.807) is 18.2 Å². The van der Waals surface area contributed by atoms with Crippen molar-refractivity contribution in [1.82, 2.24) is 9.80 Å². The van der Waals surface area contributed by atoms with Gasteiger partial charge in [0, 0.05) is 43.9 Å². The Morgan fingerprint density at radius 2 is 1.60 bits per heavy atom. The first kappa shape index (κ1) is 17.6. The zero-order chi connectivity index (χ0) is 18.0. The third-order valence-corrected chi connectivity index (χ3v) is 4.44. The lowest BCUT2D eigenvalue weighted by Gasteiger charge is -2.32. The van der Waals surface area contributed by atoms with Crippen molar-refractivity contribution in [2.45, 2.75) is 6.54 Å². The summed E-state index contributed by atoms with van der Waals surface area (Å²) in [4.78, 5) is 17.0. The molecule has 0 amide bonds. The average Bonchev–Trinajstić information content (AvgIpc) is 2.61. The van der Waals surface area contributed by atoms with Gasteiger partial charge in [0.2, 0.25) is 0 Å². The summed E-state index contributed by atoms with van der Waals surface area (Å²) in [5, 5.41) is 0. The van der Waals surface area contributed by atoms with E-state index in [0.717, 1.165) is 43.9 Å². The van der Waals surface area contributed by atoms with E-state index < -0.39 is 23.2 Å². The van der Waals surface area contributed by atoms with Crippen LogP contribution < -0.4 is 0 Å². The second-order valence-corrected chi connectivity index (χ2v) is 6.36. The molecular formula is C19H19F3N2O. The van der Waals surface area contributed by atoms with Crippen molar-refractivity contribution >= 4 is 5.78 Å². The van der Waals surface area contributed by atoms with Crippen LogP contribution in [0.3, 0.4) is 0 Å². The minimum Gasteiger partial charge on any atom is -0.304 e. The first-order chi connectivity index (χ1) is 11.9. The van der Waals surface area contributed by atoms with Crippen LogP contribution in [0.1, 0.15) is 21.5 Å². The first-order valence-corrected chi connectivity index (χ1v) is 8.13. The monoisotopic (exact) mass is 348 g/mol. The van der Waals surface area contributed by atoms with Gasteiger partial charge in [0.05, 0.1) is 0 Å². The molecule has 3 rings (SSSR count). The van der Waals surface area contributed by atoms with Gasteiger partial charge >= 0.3 is 0 Å². The van der Waals surface area contributed by atoms with Crippen LogP contribution in [-0.4, -0.2) is 48.8 Å². The number of ketones is 1. The summed E-state index contributed by atoms with van der Waals surface area (Å²) in [6.07, 6.45) is 0. The van der Waals surface area contributed by atoms with Crippen molar-refractivity contribution in [3.05, 3.63) is 70.5 Å². The lowest BCUT2D eigenvalue weighted by Crippen LogP contribution is -2.43. The summed E-state index contributed by atoms with van der Waals surface area (Å²) >= 11 is 0. The Balaban J connectivity index is 1.78. The predicted octanol–water partition coefficient (Wildman–Crippen LogP) is 3.08. The summed E-state index contributed by atoms with van der Waals surface area (Å²) in [5.74, 6) is -4.83. The highest BCUT2D eigenvalue weighted by molar-refractivity contribution is 6.09. The minimum atomic E-state index is -1.57. The van der Waals surface area contributed by atoms with Gasteiger partial charge < -0.3 is 4.90 Å². The Bertz CT molecular complexity index is 763. The maximum Gasteiger partial charge on any atom is 0.194 e.